The van der Waals surface area contributed by atoms with Crippen molar-refractivity contribution in [1.82, 2.24) is 0 Å². The Morgan fingerprint density at radius 1 is 1.18 bits per heavy atom. The normalized spacial score (nSPS) is 19.1. The molecule has 2 aromatic carbocycles. The lowest BCUT2D eigenvalue weighted by atomic mass is 9.85. The maximum Gasteiger partial charge on any atom is 0.181 e. The number of phenols is 1. The third-order valence-corrected chi connectivity index (χ3v) is 5.06. The molecule has 1 atom stereocenters. The minimum Gasteiger partial charge on any atom is -0.507 e. The second-order valence-electron chi connectivity index (χ2n) is 7.39. The molecule has 0 radical (unpaired) electrons. The number of Topliss-reactive ketones (excluding diaryl/α,β-unsaturated/α-hetero) is 1. The van der Waals surface area contributed by atoms with Crippen LogP contribution in [-0.4, -0.2) is 37.3 Å². The second kappa shape index (κ2) is 6.48. The summed E-state index contributed by atoms with van der Waals surface area (Å²) >= 11 is 0. The molecule has 0 saturated heterocycles. The first-order valence-corrected chi connectivity index (χ1v) is 9.02. The van der Waals surface area contributed by atoms with Crippen LogP contribution in [0.25, 0.3) is 6.08 Å². The maximum absolute atomic E-state index is 13.3. The molecule has 6 nitrogen and oxygen atoms in total. The lowest BCUT2D eigenvalue weighted by Gasteiger charge is -2.33. The van der Waals surface area contributed by atoms with E-state index in [1.54, 1.807) is 13.2 Å². The van der Waals surface area contributed by atoms with Gasteiger partial charge in [0.1, 0.15) is 46.5 Å². The van der Waals surface area contributed by atoms with Crippen molar-refractivity contribution in [2.45, 2.75) is 25.4 Å². The van der Waals surface area contributed by atoms with E-state index in [2.05, 4.69) is 0 Å². The third-order valence-electron chi connectivity index (χ3n) is 5.06. The van der Waals surface area contributed by atoms with Crippen LogP contribution in [0.15, 0.2) is 30.3 Å². The number of ketones is 1. The van der Waals surface area contributed by atoms with Gasteiger partial charge in [-0.05, 0) is 32.1 Å². The van der Waals surface area contributed by atoms with E-state index in [-0.39, 0.29) is 23.7 Å². The zero-order valence-corrected chi connectivity index (χ0v) is 16.2. The van der Waals surface area contributed by atoms with E-state index < -0.39 is 11.5 Å². The van der Waals surface area contributed by atoms with Gasteiger partial charge in [0.05, 0.1) is 25.7 Å². The number of methoxy groups -OCH3 is 2. The predicted molar refractivity (Wildman–Crippen MR) is 104 cm³/mol. The van der Waals surface area contributed by atoms with Crippen LogP contribution in [0.3, 0.4) is 0 Å². The van der Waals surface area contributed by atoms with Crippen LogP contribution in [-0.2, 0) is 0 Å². The number of rotatable bonds is 3. The van der Waals surface area contributed by atoms with Gasteiger partial charge in [0.25, 0.3) is 0 Å². The molecule has 0 spiro atoms. The average Bonchev–Trinajstić information content (AvgIpc) is 2.66. The van der Waals surface area contributed by atoms with Gasteiger partial charge in [0.2, 0.25) is 0 Å². The summed E-state index contributed by atoms with van der Waals surface area (Å²) in [7, 11) is 3.09. The Labute approximate surface area is 163 Å². The number of aromatic hydroxyl groups is 1. The maximum atomic E-state index is 13.3. The Morgan fingerprint density at radius 3 is 2.68 bits per heavy atom. The highest BCUT2D eigenvalue weighted by atomic mass is 16.5. The fourth-order valence-electron chi connectivity index (χ4n) is 3.61. The van der Waals surface area contributed by atoms with Gasteiger partial charge in [-0.1, -0.05) is 6.07 Å². The molecule has 4 rings (SSSR count). The number of ether oxygens (including phenoxy) is 4. The molecule has 0 aliphatic carbocycles. The van der Waals surface area contributed by atoms with Crippen LogP contribution in [0.1, 0.15) is 41.3 Å². The summed E-state index contributed by atoms with van der Waals surface area (Å²) in [4.78, 5) is 13.3. The zero-order valence-electron chi connectivity index (χ0n) is 16.2. The smallest absolute Gasteiger partial charge is 0.181 e. The first kappa shape index (κ1) is 18.2. The lowest BCUT2D eigenvalue weighted by Crippen LogP contribution is -2.31. The van der Waals surface area contributed by atoms with E-state index in [9.17, 15) is 9.90 Å². The average molecular weight is 382 g/mol. The van der Waals surface area contributed by atoms with E-state index in [0.717, 1.165) is 5.56 Å². The van der Waals surface area contributed by atoms with Crippen molar-refractivity contribution in [1.29, 1.82) is 0 Å². The van der Waals surface area contributed by atoms with Gasteiger partial charge in [-0.15, -0.1) is 0 Å². The first-order valence-electron chi connectivity index (χ1n) is 9.02. The molecule has 146 valence electrons. The number of hydrogen-bond acceptors (Lipinski definition) is 6. The van der Waals surface area contributed by atoms with Crippen molar-refractivity contribution in [2.75, 3.05) is 20.8 Å². The van der Waals surface area contributed by atoms with E-state index in [4.69, 9.17) is 18.9 Å². The quantitative estimate of drug-likeness (QED) is 0.866. The van der Waals surface area contributed by atoms with Crippen molar-refractivity contribution in [3.05, 3.63) is 47.0 Å². The summed E-state index contributed by atoms with van der Waals surface area (Å²) in [5.41, 5.74) is 1.14. The van der Waals surface area contributed by atoms with E-state index in [1.165, 1.54) is 13.2 Å². The van der Waals surface area contributed by atoms with Crippen molar-refractivity contribution in [3.8, 4) is 28.7 Å². The molecule has 1 unspecified atom stereocenters. The van der Waals surface area contributed by atoms with Gasteiger partial charge >= 0.3 is 0 Å². The minimum atomic E-state index is -0.603. The van der Waals surface area contributed by atoms with Crippen molar-refractivity contribution in [3.63, 3.8) is 0 Å². The van der Waals surface area contributed by atoms with E-state index >= 15 is 0 Å². The fraction of sp³-hybridized carbons (Fsp3) is 0.318. The first-order chi connectivity index (χ1) is 13.3. The molecule has 1 N–H and O–H groups in total. The molecule has 2 heterocycles. The Hall–Kier alpha value is -3.15. The van der Waals surface area contributed by atoms with Gasteiger partial charge in [0.15, 0.2) is 5.78 Å². The molecule has 0 saturated carbocycles. The summed E-state index contributed by atoms with van der Waals surface area (Å²) in [5, 5.41) is 10.4. The minimum absolute atomic E-state index is 0.144. The standard InChI is InChI=1S/C22H22O6/c1-22(2)8-7-14-17(26-4)6-5-13(21(14)28-22)15-11-27-18-10-12(25-3)9-16(23)19(18)20(15)24/h5-10,15,23H,11H2,1-4H3. The number of fused-ring (bicyclic) bond motifs is 2. The second-order valence-corrected chi connectivity index (χ2v) is 7.39. The summed E-state index contributed by atoms with van der Waals surface area (Å²) in [6.07, 6.45) is 3.90. The molecule has 6 heteroatoms. The molecule has 2 aliphatic rings. The lowest BCUT2D eigenvalue weighted by molar-refractivity contribution is 0.0882. The Bertz CT molecular complexity index is 989. The van der Waals surface area contributed by atoms with Crippen LogP contribution in [0.5, 0.6) is 28.7 Å². The van der Waals surface area contributed by atoms with Crippen molar-refractivity contribution < 1.29 is 28.8 Å². The van der Waals surface area contributed by atoms with E-state index in [1.807, 2.05) is 38.1 Å². The molecule has 2 aliphatic heterocycles. The summed E-state index contributed by atoms with van der Waals surface area (Å²) in [6, 6.07) is 6.66. The summed E-state index contributed by atoms with van der Waals surface area (Å²) < 4.78 is 22.6. The highest BCUT2D eigenvalue weighted by molar-refractivity contribution is 6.07. The highest BCUT2D eigenvalue weighted by Crippen LogP contribution is 2.46. The fourth-order valence-corrected chi connectivity index (χ4v) is 3.61. The van der Waals surface area contributed by atoms with Gasteiger partial charge in [0, 0.05) is 17.7 Å². The van der Waals surface area contributed by atoms with Crippen molar-refractivity contribution >= 4 is 11.9 Å². The molecule has 0 bridgehead atoms. The summed E-state index contributed by atoms with van der Waals surface area (Å²) in [6.45, 7) is 4.04. The van der Waals surface area contributed by atoms with Gasteiger partial charge in [-0.2, -0.15) is 0 Å². The molecular formula is C22H22O6. The topological polar surface area (TPSA) is 74.2 Å². The molecule has 28 heavy (non-hydrogen) atoms. The van der Waals surface area contributed by atoms with Gasteiger partial charge < -0.3 is 24.1 Å². The molecule has 0 aromatic heterocycles. The Kier molecular flexibility index (Phi) is 4.22. The van der Waals surface area contributed by atoms with Gasteiger partial charge in [-0.3, -0.25) is 4.79 Å². The van der Waals surface area contributed by atoms with Crippen molar-refractivity contribution in [2.24, 2.45) is 0 Å². The van der Waals surface area contributed by atoms with Crippen LogP contribution in [0.4, 0.5) is 0 Å². The molecular weight excluding hydrogens is 360 g/mol. The zero-order chi connectivity index (χ0) is 20.1. The van der Waals surface area contributed by atoms with Crippen LogP contribution >= 0.6 is 0 Å². The number of benzene rings is 2. The molecule has 0 amide bonds. The van der Waals surface area contributed by atoms with Crippen LogP contribution in [0.2, 0.25) is 0 Å². The number of carbonyl (C=O) groups is 1. The molecule has 0 fully saturated rings. The number of phenolic OH excluding ortho intramolecular Hbond substituents is 1. The monoisotopic (exact) mass is 382 g/mol. The van der Waals surface area contributed by atoms with Crippen LogP contribution < -0.4 is 18.9 Å². The SMILES string of the molecule is COc1cc(O)c2c(c1)OCC(c1ccc(OC)c3c1OC(C)(C)C=C3)C2=O. The largest absolute Gasteiger partial charge is 0.507 e. The van der Waals surface area contributed by atoms with E-state index in [0.29, 0.717) is 28.6 Å². The van der Waals surface area contributed by atoms with Crippen LogP contribution in [0, 0.1) is 0 Å². The Morgan fingerprint density at radius 2 is 1.96 bits per heavy atom. The summed E-state index contributed by atoms with van der Waals surface area (Å²) in [5.74, 6) is 1.04. The number of carbonyl (C=O) groups excluding carboxylic acids is 1. The highest BCUT2D eigenvalue weighted by Gasteiger charge is 2.37. The predicted octanol–water partition coefficient (Wildman–Crippen LogP) is 3.95. The Balaban J connectivity index is 1.81. The third kappa shape index (κ3) is 2.85. The molecule has 2 aromatic rings. The van der Waals surface area contributed by atoms with Gasteiger partial charge in [-0.25, -0.2) is 0 Å². The number of hydrogen-bond donors (Lipinski definition) is 1.